The largest absolute Gasteiger partial charge is 0.508 e. The number of aliphatic carboxylic acids is 1. The lowest BCUT2D eigenvalue weighted by molar-refractivity contribution is -0.152. The maximum atomic E-state index is 12.7. The molecule has 0 atom stereocenters. The van der Waals surface area contributed by atoms with Gasteiger partial charge in [0.15, 0.2) is 46.1 Å². The van der Waals surface area contributed by atoms with Gasteiger partial charge in [-0.15, -0.1) is 59.7 Å². The fraction of sp³-hybridized carbons (Fsp3) is 0.209. The summed E-state index contributed by atoms with van der Waals surface area (Å²) in [5.74, 6) is 4.96. The van der Waals surface area contributed by atoms with Gasteiger partial charge in [0.1, 0.15) is 53.8 Å². The highest BCUT2D eigenvalue weighted by Gasteiger charge is 2.35. The van der Waals surface area contributed by atoms with Gasteiger partial charge in [-0.1, -0.05) is 75.5 Å². The maximum absolute atomic E-state index is 12.7. The predicted octanol–water partition coefficient (Wildman–Crippen LogP) is 27.8. The van der Waals surface area contributed by atoms with Crippen LogP contribution in [0.2, 0.25) is 0 Å². The van der Waals surface area contributed by atoms with Crippen LogP contribution >= 0.6 is 117 Å². The van der Waals surface area contributed by atoms with E-state index in [4.69, 9.17) is 24.8 Å². The van der Waals surface area contributed by atoms with Crippen LogP contribution in [-0.4, -0.2) is 104 Å². The van der Waals surface area contributed by atoms with E-state index in [-0.39, 0.29) is 52.9 Å². The molecule has 5 heterocycles. The summed E-state index contributed by atoms with van der Waals surface area (Å²) in [6.07, 6.45) is -21.8. The number of alkyl halides is 15. The smallest absolute Gasteiger partial charge is 0.416 e. The summed E-state index contributed by atoms with van der Waals surface area (Å²) in [6, 6.07) is 58.5. The van der Waals surface area contributed by atoms with E-state index in [1.165, 1.54) is 139 Å². The number of aromatic hydroxyl groups is 3. The minimum absolute atomic E-state index is 0. The van der Waals surface area contributed by atoms with E-state index in [1.807, 2.05) is 24.3 Å². The highest BCUT2D eigenvalue weighted by molar-refractivity contribution is 7.99. The molecule has 5 N–H and O–H groups in total. The second kappa shape index (κ2) is 50.3. The second-order valence-corrected chi connectivity index (χ2v) is 37.2. The van der Waals surface area contributed by atoms with Gasteiger partial charge in [0.05, 0.1) is 57.4 Å². The molecule has 45 heteroatoms. The summed E-state index contributed by atoms with van der Waals surface area (Å²) >= 11 is 16.1. The van der Waals surface area contributed by atoms with Crippen LogP contribution in [0, 0.1) is 0 Å². The molecule has 10 aromatic carbocycles. The summed E-state index contributed by atoms with van der Waals surface area (Å²) in [5, 5.41) is 48.6. The number of carboxylic acid groups (broad SMARTS) is 1. The van der Waals surface area contributed by atoms with Gasteiger partial charge < -0.3 is 35.0 Å². The average molecular weight is 2070 g/mol. The van der Waals surface area contributed by atoms with Gasteiger partial charge in [0.2, 0.25) is 0 Å². The second-order valence-electron chi connectivity index (χ2n) is 28.3. The summed E-state index contributed by atoms with van der Waals surface area (Å²) in [5.41, 5.74) is -3.02. The number of benzene rings is 10. The Labute approximate surface area is 815 Å². The molecule has 0 saturated carbocycles. The van der Waals surface area contributed by atoms with Crippen LogP contribution in [0.5, 0.6) is 28.7 Å². The van der Waals surface area contributed by atoms with E-state index in [0.29, 0.717) is 96.5 Å². The Morgan fingerprint density at radius 2 is 0.522 bits per heavy atom. The lowest BCUT2D eigenvalue weighted by Crippen LogP contribution is -2.37. The molecule has 0 unspecified atom stereocenters. The van der Waals surface area contributed by atoms with Crippen LogP contribution in [0.15, 0.2) is 267 Å². The number of rotatable bonds is 24. The SMILES string of the molecule is C.C.CC(=O)C(C)(C)Oc1ccc(SCc2nc(-c3ccc(C(F)(F)F)cc3)ns2)cc1.CC(C)(Oc1ccc(SCc2nc(-c3ccc(C(F)(F)F)cc3)ns2)cc1)C(=O)O.OCc1nc(-c2ccc(C(F)(F)F)cc2)ns1.Oc1ccc(S)cc1.Oc1ccc(SCc2nc(-c3ccc(C(F)(F)F)cc3)ns2)cc1.Oc1ccc(SCc2nc(-c3ccc(C(F)(F)F)cc3)ns2)cc1.[B]. The van der Waals surface area contributed by atoms with Gasteiger partial charge in [-0.25, -0.2) is 29.7 Å². The quantitative estimate of drug-likeness (QED) is 0.0142. The Balaban J connectivity index is 0.000000228. The van der Waals surface area contributed by atoms with E-state index in [0.717, 1.165) is 117 Å². The van der Waals surface area contributed by atoms with Gasteiger partial charge in [0, 0.05) is 60.7 Å². The maximum Gasteiger partial charge on any atom is 0.416 e. The normalized spacial score (nSPS) is 11.4. The van der Waals surface area contributed by atoms with E-state index in [1.54, 1.807) is 146 Å². The average Bonchev–Trinajstić information content (AvgIpc) is 1.59. The number of phenols is 3. The minimum atomic E-state index is -4.38. The molecule has 715 valence electrons. The minimum Gasteiger partial charge on any atom is -0.508 e. The fourth-order valence-electron chi connectivity index (χ4n) is 10.2. The van der Waals surface area contributed by atoms with E-state index in [9.17, 15) is 85.7 Å². The first-order chi connectivity index (χ1) is 62.7. The molecule has 0 spiro atoms. The molecule has 0 aliphatic carbocycles. The van der Waals surface area contributed by atoms with Crippen LogP contribution in [0.3, 0.4) is 0 Å². The van der Waals surface area contributed by atoms with Crippen molar-refractivity contribution in [3.8, 4) is 85.7 Å². The lowest BCUT2D eigenvalue weighted by Gasteiger charge is -2.23. The van der Waals surface area contributed by atoms with Crippen LogP contribution in [-0.2, 0) is 70.1 Å². The Morgan fingerprint density at radius 1 is 0.324 bits per heavy atom. The highest BCUT2D eigenvalue weighted by Crippen LogP contribution is 2.40. The third kappa shape index (κ3) is 35.1. The summed E-state index contributed by atoms with van der Waals surface area (Å²) in [7, 11) is 0. The number of carbonyl (C=O) groups is 2. The molecular formula is C91H79BF15N10O9S10. The van der Waals surface area contributed by atoms with Crippen molar-refractivity contribution in [2.45, 2.75) is 146 Å². The third-order valence-electron chi connectivity index (χ3n) is 17.6. The molecule has 136 heavy (non-hydrogen) atoms. The van der Waals surface area contributed by atoms with Crippen molar-refractivity contribution in [2.24, 2.45) is 0 Å². The number of hydrogen-bond acceptors (Lipinski definition) is 28. The summed E-state index contributed by atoms with van der Waals surface area (Å²) in [6.45, 7) is 7.66. The molecule has 0 amide bonds. The summed E-state index contributed by atoms with van der Waals surface area (Å²) in [4.78, 5) is 49.0. The molecule has 15 aromatic rings. The van der Waals surface area contributed by atoms with Crippen molar-refractivity contribution >= 4 is 138 Å². The number of hydrogen-bond donors (Lipinski definition) is 6. The molecule has 0 bridgehead atoms. The molecular weight excluding hydrogens is 1990 g/mol. The Hall–Kier alpha value is -11.1. The standard InChI is InChI=1S/C21H19F3N2O2S2.C20H17F3N2O3S2.2C16H11F3N2OS2.C10H7F3N2OS.C6H6OS.2CH4.B/c1-13(27)20(2,3)28-16-8-10-17(11-9-16)29-12-18-25-19(26-30-18)14-4-6-15(7-5-14)21(22,23)24;1-19(2,18(26)27)28-14-7-9-15(10-8-14)29-11-16-24-17(25-30-16)12-3-5-13(6-4-12)20(21,22)23;2*17-16(18,19)11-3-1-10(2-4-11)15-20-14(24-21-15)9-23-13-7-5-12(22)6-8-13;11-10(12,13)7-3-1-6(2-4-7)9-14-8(5-16)17-15-9;7-5-1-3-6(8)4-2-5;;;/h4-11H,12H2,1-3H3;3-10H,11H2,1-2H3,(H,26,27);2*1-8,22H,9H2;1-4,16H,5H2;1-4,7-8H;2*1H4;. The number of ketones is 1. The molecule has 0 saturated heterocycles. The first kappa shape index (κ1) is 112. The lowest BCUT2D eigenvalue weighted by atomic mass is 10.1. The van der Waals surface area contributed by atoms with Crippen LogP contribution in [0.25, 0.3) is 56.9 Å². The Kier molecular flexibility index (Phi) is 41.3. The van der Waals surface area contributed by atoms with Gasteiger partial charge in [-0.2, -0.15) is 87.7 Å². The van der Waals surface area contributed by atoms with E-state index >= 15 is 0 Å². The number of aliphatic hydroxyl groups is 1. The highest BCUT2D eigenvalue weighted by atomic mass is 32.2. The van der Waals surface area contributed by atoms with Gasteiger partial charge in [0.25, 0.3) is 0 Å². The summed E-state index contributed by atoms with van der Waals surface area (Å²) < 4.78 is 220. The Bertz CT molecular complexity index is 5900. The number of thioether (sulfide) groups is 4. The van der Waals surface area contributed by atoms with Gasteiger partial charge in [-0.05, 0) is 274 Å². The van der Waals surface area contributed by atoms with Crippen molar-refractivity contribution in [3.63, 3.8) is 0 Å². The Morgan fingerprint density at radius 3 is 0.713 bits per heavy atom. The molecule has 5 aromatic heterocycles. The number of thiol groups is 1. The number of phenolic OH excluding ortho intramolecular Hbond substituents is 3. The zero-order valence-electron chi connectivity index (χ0n) is 69.8. The number of nitrogens with zero attached hydrogens (tertiary/aromatic N) is 10. The van der Waals surface area contributed by atoms with Crippen molar-refractivity contribution < 1.29 is 110 Å². The number of aliphatic hydroxyl groups excluding tert-OH is 1. The van der Waals surface area contributed by atoms with Crippen LogP contribution in [0.1, 0.15) is 102 Å². The van der Waals surface area contributed by atoms with Crippen molar-refractivity contribution in [1.29, 1.82) is 0 Å². The first-order valence-corrected chi connectivity index (χ1v) is 46.5. The predicted molar refractivity (Wildman–Crippen MR) is 507 cm³/mol. The van der Waals surface area contributed by atoms with Crippen molar-refractivity contribution in [2.75, 3.05) is 0 Å². The van der Waals surface area contributed by atoms with Crippen molar-refractivity contribution in [1.82, 2.24) is 46.8 Å². The number of Topliss-reactive ketones (excluding diaryl/α,β-unsaturated/α-hetero) is 1. The van der Waals surface area contributed by atoms with E-state index < -0.39 is 75.9 Å². The zero-order valence-corrected chi connectivity index (χ0v) is 78.1. The first-order valence-electron chi connectivity index (χ1n) is 38.2. The molecule has 19 nitrogen and oxygen atoms in total. The van der Waals surface area contributed by atoms with Gasteiger partial charge in [-0.3, -0.25) is 4.79 Å². The number of carbonyl (C=O) groups excluding carboxylic acids is 1. The van der Waals surface area contributed by atoms with Crippen molar-refractivity contribution in [3.05, 3.63) is 296 Å². The number of aromatic nitrogens is 10. The molecule has 0 aliphatic rings. The van der Waals surface area contributed by atoms with Crippen LogP contribution in [0.4, 0.5) is 65.9 Å². The molecule has 0 fully saturated rings. The van der Waals surface area contributed by atoms with Crippen LogP contribution < -0.4 is 9.47 Å². The third-order valence-corrected chi connectivity index (χ3v) is 26.2. The number of halogens is 15. The topological polar surface area (TPSA) is 283 Å². The molecule has 0 aliphatic heterocycles. The molecule has 15 rings (SSSR count). The monoisotopic (exact) mass is 2070 g/mol. The fourth-order valence-corrected chi connectivity index (χ4v) is 17.0. The van der Waals surface area contributed by atoms with Gasteiger partial charge >= 0.3 is 36.9 Å². The number of carboxylic acids is 1. The molecule has 3 radical (unpaired) electrons. The van der Waals surface area contributed by atoms with E-state index in [2.05, 4.69) is 59.4 Å². The number of ether oxygens (including phenoxy) is 2. The zero-order chi connectivity index (χ0) is 96.6.